The summed E-state index contributed by atoms with van der Waals surface area (Å²) in [7, 11) is 0. The molecular weight excluding hydrogens is 224 g/mol. The largest absolute Gasteiger partial charge is 0.397 e. The Balaban J connectivity index is 2.08. The third-order valence-corrected chi connectivity index (χ3v) is 4.17. The van der Waals surface area contributed by atoms with Crippen molar-refractivity contribution in [2.75, 3.05) is 17.7 Å². The van der Waals surface area contributed by atoms with Crippen LogP contribution in [0, 0.1) is 12.3 Å². The Morgan fingerprint density at radius 2 is 2.17 bits per heavy atom. The molecule has 0 spiro atoms. The molecule has 2 rings (SSSR count). The van der Waals surface area contributed by atoms with Crippen molar-refractivity contribution >= 4 is 11.4 Å². The van der Waals surface area contributed by atoms with E-state index in [1.807, 2.05) is 12.1 Å². The zero-order valence-electron chi connectivity index (χ0n) is 11.8. The standard InChI is InChI=1S/C15H24N2O/c1-5-18-13-9-12(15(13,3)4)17-14-10(2)7-6-8-11(14)16/h6-8,12-13,17H,5,9,16H2,1-4H3. The lowest BCUT2D eigenvalue weighted by molar-refractivity contribution is -0.0975. The van der Waals surface area contributed by atoms with Gasteiger partial charge in [0.2, 0.25) is 0 Å². The van der Waals surface area contributed by atoms with Gasteiger partial charge < -0.3 is 15.8 Å². The van der Waals surface area contributed by atoms with E-state index < -0.39 is 0 Å². The molecule has 3 N–H and O–H groups in total. The number of para-hydroxylation sites is 1. The monoisotopic (exact) mass is 248 g/mol. The fourth-order valence-corrected chi connectivity index (χ4v) is 2.68. The number of anilines is 2. The maximum absolute atomic E-state index is 6.04. The van der Waals surface area contributed by atoms with Gasteiger partial charge in [0.1, 0.15) is 0 Å². The molecule has 2 atom stereocenters. The number of nitrogens with one attached hydrogen (secondary N) is 1. The van der Waals surface area contributed by atoms with Crippen molar-refractivity contribution in [1.29, 1.82) is 0 Å². The Labute approximate surface area is 110 Å². The van der Waals surface area contributed by atoms with Crippen molar-refractivity contribution in [2.45, 2.75) is 46.3 Å². The van der Waals surface area contributed by atoms with E-state index in [0.717, 1.165) is 24.4 Å². The Morgan fingerprint density at radius 3 is 2.72 bits per heavy atom. The zero-order valence-corrected chi connectivity index (χ0v) is 11.8. The first kappa shape index (κ1) is 13.2. The van der Waals surface area contributed by atoms with Crippen LogP contribution >= 0.6 is 0 Å². The number of hydrogen-bond donors (Lipinski definition) is 2. The summed E-state index contributed by atoms with van der Waals surface area (Å²) < 4.78 is 5.75. The molecular formula is C15H24N2O. The van der Waals surface area contributed by atoms with Gasteiger partial charge in [-0.15, -0.1) is 0 Å². The lowest BCUT2D eigenvalue weighted by Crippen LogP contribution is -2.58. The van der Waals surface area contributed by atoms with Crippen LogP contribution < -0.4 is 11.1 Å². The lowest BCUT2D eigenvalue weighted by Gasteiger charge is -2.52. The van der Waals surface area contributed by atoms with Crippen molar-refractivity contribution in [3.05, 3.63) is 23.8 Å². The van der Waals surface area contributed by atoms with E-state index in [1.54, 1.807) is 0 Å². The van der Waals surface area contributed by atoms with E-state index in [9.17, 15) is 0 Å². The first-order valence-electron chi connectivity index (χ1n) is 6.70. The van der Waals surface area contributed by atoms with E-state index in [2.05, 4.69) is 39.1 Å². The van der Waals surface area contributed by atoms with E-state index >= 15 is 0 Å². The number of aryl methyl sites for hydroxylation is 1. The van der Waals surface area contributed by atoms with E-state index in [-0.39, 0.29) is 5.41 Å². The molecule has 100 valence electrons. The van der Waals surface area contributed by atoms with Gasteiger partial charge in [-0.25, -0.2) is 0 Å². The summed E-state index contributed by atoms with van der Waals surface area (Å²) in [4.78, 5) is 0. The van der Waals surface area contributed by atoms with Gasteiger partial charge in [-0.1, -0.05) is 26.0 Å². The molecule has 0 amide bonds. The van der Waals surface area contributed by atoms with Crippen molar-refractivity contribution < 1.29 is 4.74 Å². The second kappa shape index (κ2) is 4.81. The number of nitrogen functional groups attached to an aromatic ring is 1. The quantitative estimate of drug-likeness (QED) is 0.804. The van der Waals surface area contributed by atoms with Crippen molar-refractivity contribution in [3.8, 4) is 0 Å². The number of nitrogens with two attached hydrogens (primary N) is 1. The minimum atomic E-state index is 0.157. The van der Waals surface area contributed by atoms with Gasteiger partial charge in [0.25, 0.3) is 0 Å². The molecule has 18 heavy (non-hydrogen) atoms. The molecule has 1 aliphatic rings. The fraction of sp³-hybridized carbons (Fsp3) is 0.600. The molecule has 0 saturated heterocycles. The summed E-state index contributed by atoms with van der Waals surface area (Å²) in [5.74, 6) is 0. The summed E-state index contributed by atoms with van der Waals surface area (Å²) in [6, 6.07) is 6.45. The Kier molecular flexibility index (Phi) is 3.53. The molecule has 0 heterocycles. The Hall–Kier alpha value is -1.22. The van der Waals surface area contributed by atoms with Gasteiger partial charge in [0, 0.05) is 18.1 Å². The molecule has 0 bridgehead atoms. The van der Waals surface area contributed by atoms with Crippen molar-refractivity contribution in [2.24, 2.45) is 5.41 Å². The minimum absolute atomic E-state index is 0.157. The smallest absolute Gasteiger partial charge is 0.0665 e. The van der Waals surface area contributed by atoms with Gasteiger partial charge >= 0.3 is 0 Å². The summed E-state index contributed by atoms with van der Waals surface area (Å²) in [5.41, 5.74) is 9.29. The summed E-state index contributed by atoms with van der Waals surface area (Å²) >= 11 is 0. The average molecular weight is 248 g/mol. The first-order chi connectivity index (χ1) is 8.46. The molecule has 1 aliphatic carbocycles. The molecule has 1 saturated carbocycles. The second-order valence-electron chi connectivity index (χ2n) is 5.74. The minimum Gasteiger partial charge on any atom is -0.397 e. The van der Waals surface area contributed by atoms with E-state index in [0.29, 0.717) is 12.1 Å². The van der Waals surface area contributed by atoms with Crippen LogP contribution in [0.2, 0.25) is 0 Å². The van der Waals surface area contributed by atoms with Crippen LogP contribution in [0.25, 0.3) is 0 Å². The highest BCUT2D eigenvalue weighted by Gasteiger charge is 2.49. The van der Waals surface area contributed by atoms with Crippen LogP contribution in [0.1, 0.15) is 32.8 Å². The third-order valence-electron chi connectivity index (χ3n) is 4.17. The van der Waals surface area contributed by atoms with Gasteiger partial charge in [-0.2, -0.15) is 0 Å². The van der Waals surface area contributed by atoms with E-state index in [4.69, 9.17) is 10.5 Å². The van der Waals surface area contributed by atoms with Crippen LogP contribution in [0.3, 0.4) is 0 Å². The number of rotatable bonds is 4. The highest BCUT2D eigenvalue weighted by Crippen LogP contribution is 2.45. The molecule has 0 radical (unpaired) electrons. The van der Waals surface area contributed by atoms with Gasteiger partial charge in [0.15, 0.2) is 0 Å². The van der Waals surface area contributed by atoms with Crippen molar-refractivity contribution in [1.82, 2.24) is 0 Å². The predicted molar refractivity (Wildman–Crippen MR) is 76.8 cm³/mol. The van der Waals surface area contributed by atoms with Gasteiger partial charge in [0.05, 0.1) is 17.5 Å². The predicted octanol–water partition coefficient (Wildman–Crippen LogP) is 3.19. The molecule has 3 heteroatoms. The van der Waals surface area contributed by atoms with Crippen LogP contribution in [0.15, 0.2) is 18.2 Å². The normalized spacial score (nSPS) is 25.6. The number of ether oxygens (including phenoxy) is 1. The van der Waals surface area contributed by atoms with Crippen molar-refractivity contribution in [3.63, 3.8) is 0 Å². The van der Waals surface area contributed by atoms with Crippen LogP contribution in [0.5, 0.6) is 0 Å². The Bertz CT molecular complexity index is 408. The molecule has 1 aromatic rings. The topological polar surface area (TPSA) is 47.3 Å². The third kappa shape index (κ3) is 2.19. The number of hydrogen-bond acceptors (Lipinski definition) is 3. The molecule has 0 aromatic heterocycles. The van der Waals surface area contributed by atoms with Crippen LogP contribution in [-0.2, 0) is 4.74 Å². The van der Waals surface area contributed by atoms with Crippen LogP contribution in [0.4, 0.5) is 11.4 Å². The Morgan fingerprint density at radius 1 is 1.44 bits per heavy atom. The summed E-state index contributed by atoms with van der Waals surface area (Å²) in [6.07, 6.45) is 1.40. The zero-order chi connectivity index (χ0) is 13.3. The summed E-state index contributed by atoms with van der Waals surface area (Å²) in [5, 5.41) is 3.59. The highest BCUT2D eigenvalue weighted by molar-refractivity contribution is 5.70. The van der Waals surface area contributed by atoms with Gasteiger partial charge in [-0.05, 0) is 31.9 Å². The molecule has 2 unspecified atom stereocenters. The maximum Gasteiger partial charge on any atom is 0.0665 e. The lowest BCUT2D eigenvalue weighted by atomic mass is 9.64. The first-order valence-corrected chi connectivity index (χ1v) is 6.70. The summed E-state index contributed by atoms with van der Waals surface area (Å²) in [6.45, 7) is 9.43. The van der Waals surface area contributed by atoms with E-state index in [1.165, 1.54) is 5.56 Å². The molecule has 1 aromatic carbocycles. The SMILES string of the molecule is CCOC1CC(Nc2c(C)cccc2N)C1(C)C. The van der Waals surface area contributed by atoms with Crippen LogP contribution in [-0.4, -0.2) is 18.8 Å². The molecule has 3 nitrogen and oxygen atoms in total. The second-order valence-corrected chi connectivity index (χ2v) is 5.74. The average Bonchev–Trinajstić information content (AvgIpc) is 2.31. The fourth-order valence-electron chi connectivity index (χ4n) is 2.68. The maximum atomic E-state index is 6.04. The van der Waals surface area contributed by atoms with Gasteiger partial charge in [-0.3, -0.25) is 0 Å². The molecule has 0 aliphatic heterocycles. The number of benzene rings is 1. The highest BCUT2D eigenvalue weighted by atomic mass is 16.5. The molecule has 1 fully saturated rings.